The largest absolute Gasteiger partial charge is 0.497 e. The fourth-order valence-corrected chi connectivity index (χ4v) is 3.74. The Hall–Kier alpha value is -1.59. The Bertz CT molecular complexity index is 677. The van der Waals surface area contributed by atoms with Gasteiger partial charge in [0.05, 0.1) is 18.1 Å². The molecule has 0 spiro atoms. The summed E-state index contributed by atoms with van der Waals surface area (Å²) in [6.45, 7) is 0. The van der Waals surface area contributed by atoms with Crippen molar-refractivity contribution in [1.82, 2.24) is 9.97 Å². The summed E-state index contributed by atoms with van der Waals surface area (Å²) in [5, 5.41) is 0.992. The third-order valence-electron chi connectivity index (χ3n) is 3.02. The number of hydrogen-bond acceptors (Lipinski definition) is 4. The van der Waals surface area contributed by atoms with Gasteiger partial charge in [0.25, 0.3) is 0 Å². The van der Waals surface area contributed by atoms with Crippen LogP contribution >= 0.6 is 23.5 Å². The third kappa shape index (κ3) is 3.74. The molecule has 2 aromatic carbocycles. The van der Waals surface area contributed by atoms with Crippen LogP contribution in [0.1, 0.15) is 0 Å². The van der Waals surface area contributed by atoms with Crippen LogP contribution in [0.3, 0.4) is 0 Å². The highest BCUT2D eigenvalue weighted by molar-refractivity contribution is 8.02. The number of thioether (sulfide) groups is 2. The maximum Gasteiger partial charge on any atom is 0.166 e. The number of aromatic nitrogens is 2. The van der Waals surface area contributed by atoms with Crippen LogP contribution in [0.2, 0.25) is 0 Å². The average molecular weight is 316 g/mol. The van der Waals surface area contributed by atoms with E-state index in [2.05, 4.69) is 28.2 Å². The zero-order valence-corrected chi connectivity index (χ0v) is 13.3. The zero-order chi connectivity index (χ0) is 14.5. The molecule has 0 aliphatic heterocycles. The molecule has 0 atom stereocenters. The van der Waals surface area contributed by atoms with Crippen molar-refractivity contribution >= 4 is 34.6 Å². The lowest BCUT2D eigenvalue weighted by Crippen LogP contribution is -1.86. The SMILES string of the molecule is COc1ccc(SCCSc2nc3ccccc3[nH]2)cc1. The second kappa shape index (κ2) is 6.91. The minimum Gasteiger partial charge on any atom is -0.497 e. The molecule has 0 bridgehead atoms. The maximum absolute atomic E-state index is 5.16. The van der Waals surface area contributed by atoms with Gasteiger partial charge in [-0.15, -0.1) is 11.8 Å². The summed E-state index contributed by atoms with van der Waals surface area (Å²) in [4.78, 5) is 9.16. The van der Waals surface area contributed by atoms with E-state index in [1.807, 2.05) is 42.1 Å². The molecule has 108 valence electrons. The van der Waals surface area contributed by atoms with Gasteiger partial charge in [-0.05, 0) is 36.4 Å². The molecule has 0 unspecified atom stereocenters. The van der Waals surface area contributed by atoms with Crippen LogP contribution in [-0.4, -0.2) is 28.6 Å². The molecule has 21 heavy (non-hydrogen) atoms. The highest BCUT2D eigenvalue weighted by Gasteiger charge is 2.02. The van der Waals surface area contributed by atoms with Gasteiger partial charge in [0, 0.05) is 16.4 Å². The van der Waals surface area contributed by atoms with Crippen molar-refractivity contribution in [3.8, 4) is 5.75 Å². The molecule has 0 radical (unpaired) electrons. The number of aromatic amines is 1. The fraction of sp³-hybridized carbons (Fsp3) is 0.188. The third-order valence-corrected chi connectivity index (χ3v) is 5.17. The van der Waals surface area contributed by atoms with E-state index in [9.17, 15) is 0 Å². The molecule has 0 saturated heterocycles. The number of hydrogen-bond donors (Lipinski definition) is 1. The predicted octanol–water partition coefficient (Wildman–Crippen LogP) is 4.46. The van der Waals surface area contributed by atoms with Crippen LogP contribution in [0.5, 0.6) is 5.75 Å². The van der Waals surface area contributed by atoms with Gasteiger partial charge in [-0.1, -0.05) is 23.9 Å². The van der Waals surface area contributed by atoms with Crippen molar-refractivity contribution < 1.29 is 4.74 Å². The summed E-state index contributed by atoms with van der Waals surface area (Å²) >= 11 is 3.61. The molecule has 0 aliphatic carbocycles. The molecule has 0 aliphatic rings. The molecule has 1 aromatic heterocycles. The summed E-state index contributed by atoms with van der Waals surface area (Å²) in [5.41, 5.74) is 2.13. The minimum absolute atomic E-state index is 0.899. The molecule has 0 fully saturated rings. The fourth-order valence-electron chi connectivity index (χ4n) is 1.97. The van der Waals surface area contributed by atoms with Crippen molar-refractivity contribution in [3.05, 3.63) is 48.5 Å². The molecular formula is C16H16N2OS2. The van der Waals surface area contributed by atoms with Crippen LogP contribution in [0.15, 0.2) is 58.6 Å². The van der Waals surface area contributed by atoms with Crippen molar-refractivity contribution in [2.24, 2.45) is 0 Å². The Balaban J connectivity index is 1.49. The Morgan fingerprint density at radius 2 is 1.76 bits per heavy atom. The topological polar surface area (TPSA) is 37.9 Å². The van der Waals surface area contributed by atoms with Gasteiger partial charge < -0.3 is 9.72 Å². The molecule has 1 heterocycles. The Labute approximate surface area is 132 Å². The molecule has 3 rings (SSSR count). The highest BCUT2D eigenvalue weighted by atomic mass is 32.2. The van der Waals surface area contributed by atoms with Crippen LogP contribution in [0.4, 0.5) is 0 Å². The van der Waals surface area contributed by atoms with Gasteiger partial charge in [-0.25, -0.2) is 4.98 Å². The normalized spacial score (nSPS) is 10.9. The summed E-state index contributed by atoms with van der Waals surface area (Å²) in [6.07, 6.45) is 0. The van der Waals surface area contributed by atoms with Gasteiger partial charge in [0.15, 0.2) is 5.16 Å². The minimum atomic E-state index is 0.899. The van der Waals surface area contributed by atoms with E-state index < -0.39 is 0 Å². The number of imidazole rings is 1. The summed E-state index contributed by atoms with van der Waals surface area (Å²) in [7, 11) is 1.69. The molecule has 0 saturated carbocycles. The molecule has 1 N–H and O–H groups in total. The molecule has 3 aromatic rings. The molecule has 5 heteroatoms. The number of ether oxygens (including phenoxy) is 1. The number of nitrogens with zero attached hydrogens (tertiary/aromatic N) is 1. The quantitative estimate of drug-likeness (QED) is 0.538. The lowest BCUT2D eigenvalue weighted by Gasteiger charge is -2.02. The predicted molar refractivity (Wildman–Crippen MR) is 90.5 cm³/mol. The van der Waals surface area contributed by atoms with Gasteiger partial charge in [0.1, 0.15) is 5.75 Å². The lowest BCUT2D eigenvalue weighted by molar-refractivity contribution is 0.414. The lowest BCUT2D eigenvalue weighted by atomic mass is 10.3. The number of fused-ring (bicyclic) bond motifs is 1. The van der Waals surface area contributed by atoms with E-state index in [4.69, 9.17) is 4.74 Å². The van der Waals surface area contributed by atoms with E-state index in [1.54, 1.807) is 18.9 Å². The van der Waals surface area contributed by atoms with Crippen LogP contribution in [0, 0.1) is 0 Å². The first-order valence-corrected chi connectivity index (χ1v) is 8.67. The van der Waals surface area contributed by atoms with E-state index in [0.717, 1.165) is 33.4 Å². The first kappa shape index (κ1) is 14.4. The van der Waals surface area contributed by atoms with Crippen LogP contribution in [0.25, 0.3) is 11.0 Å². The Kier molecular flexibility index (Phi) is 4.72. The number of nitrogens with one attached hydrogen (secondary N) is 1. The van der Waals surface area contributed by atoms with Gasteiger partial charge >= 0.3 is 0 Å². The van der Waals surface area contributed by atoms with Crippen LogP contribution in [-0.2, 0) is 0 Å². The van der Waals surface area contributed by atoms with Crippen molar-refractivity contribution in [2.45, 2.75) is 10.1 Å². The Morgan fingerprint density at radius 3 is 2.52 bits per heavy atom. The van der Waals surface area contributed by atoms with Gasteiger partial charge in [-0.2, -0.15) is 0 Å². The number of para-hydroxylation sites is 2. The second-order valence-corrected chi connectivity index (χ2v) is 6.68. The molecular weight excluding hydrogens is 300 g/mol. The maximum atomic E-state index is 5.16. The Morgan fingerprint density at radius 1 is 1.00 bits per heavy atom. The van der Waals surface area contributed by atoms with Crippen molar-refractivity contribution in [2.75, 3.05) is 18.6 Å². The highest BCUT2D eigenvalue weighted by Crippen LogP contribution is 2.24. The second-order valence-electron chi connectivity index (χ2n) is 4.43. The smallest absolute Gasteiger partial charge is 0.166 e. The van der Waals surface area contributed by atoms with Crippen molar-refractivity contribution in [1.29, 1.82) is 0 Å². The van der Waals surface area contributed by atoms with E-state index in [0.29, 0.717) is 0 Å². The number of rotatable bonds is 6. The number of H-pyrrole nitrogens is 1. The van der Waals surface area contributed by atoms with Crippen LogP contribution < -0.4 is 4.74 Å². The summed E-state index contributed by atoms with van der Waals surface area (Å²) < 4.78 is 5.16. The van der Waals surface area contributed by atoms with Crippen molar-refractivity contribution in [3.63, 3.8) is 0 Å². The standard InChI is InChI=1S/C16H16N2OS2/c1-19-12-6-8-13(9-7-12)20-10-11-21-16-17-14-4-2-3-5-15(14)18-16/h2-9H,10-11H2,1H3,(H,17,18). The first-order chi connectivity index (χ1) is 10.3. The summed E-state index contributed by atoms with van der Waals surface area (Å²) in [5.74, 6) is 2.97. The first-order valence-electron chi connectivity index (χ1n) is 6.69. The van der Waals surface area contributed by atoms with E-state index in [1.165, 1.54) is 4.90 Å². The van der Waals surface area contributed by atoms with E-state index >= 15 is 0 Å². The molecule has 0 amide bonds. The van der Waals surface area contributed by atoms with Gasteiger partial charge in [0.2, 0.25) is 0 Å². The number of methoxy groups -OCH3 is 1. The summed E-state index contributed by atoms with van der Waals surface area (Å²) in [6, 6.07) is 16.3. The monoisotopic (exact) mass is 316 g/mol. The van der Waals surface area contributed by atoms with Gasteiger partial charge in [-0.3, -0.25) is 0 Å². The average Bonchev–Trinajstić information content (AvgIpc) is 2.95. The van der Waals surface area contributed by atoms with E-state index in [-0.39, 0.29) is 0 Å². The molecule has 3 nitrogen and oxygen atoms in total. The number of benzene rings is 2. The zero-order valence-electron chi connectivity index (χ0n) is 11.7.